The Morgan fingerprint density at radius 2 is 1.76 bits per heavy atom. The van der Waals surface area contributed by atoms with Gasteiger partial charge in [0.2, 0.25) is 11.6 Å². The quantitative estimate of drug-likeness (QED) is 0.789. The van der Waals surface area contributed by atoms with Crippen LogP contribution in [0.3, 0.4) is 0 Å². The molecule has 2 aromatic rings. The monoisotopic (exact) mass is 226 g/mol. The van der Waals surface area contributed by atoms with E-state index >= 15 is 0 Å². The number of hydrogen-bond donors (Lipinski definition) is 1. The van der Waals surface area contributed by atoms with Crippen LogP contribution in [0.5, 0.6) is 0 Å². The molecule has 0 fully saturated rings. The Hall–Kier alpha value is -2.16. The maximum absolute atomic E-state index is 10.7. The molecule has 3 nitrogen and oxygen atoms in total. The number of amides is 1. The van der Waals surface area contributed by atoms with Crippen molar-refractivity contribution in [2.75, 3.05) is 0 Å². The average molecular weight is 226 g/mol. The van der Waals surface area contributed by atoms with Gasteiger partial charge >= 0.3 is 0 Å². The fraction of sp³-hybridized carbons (Fsp3) is 0.0714. The summed E-state index contributed by atoms with van der Waals surface area (Å²) in [7, 11) is 0. The Labute approximate surface area is 101 Å². The summed E-state index contributed by atoms with van der Waals surface area (Å²) in [5, 5.41) is 2.66. The Balaban J connectivity index is 2.11. The molecule has 1 radical (unpaired) electrons. The molecular formula is C14H14N2O+. The third-order valence-corrected chi connectivity index (χ3v) is 2.44. The van der Waals surface area contributed by atoms with Crippen LogP contribution in [0.2, 0.25) is 0 Å². The van der Waals surface area contributed by atoms with Crippen molar-refractivity contribution in [2.24, 2.45) is 0 Å². The molecular weight excluding hydrogens is 212 g/mol. The summed E-state index contributed by atoms with van der Waals surface area (Å²) in [6.07, 6.45) is 3.99. The van der Waals surface area contributed by atoms with Gasteiger partial charge in [0.1, 0.15) is 0 Å². The maximum Gasteiger partial charge on any atom is 0.220 e. The van der Waals surface area contributed by atoms with Crippen LogP contribution in [0.25, 0.3) is 5.69 Å². The highest BCUT2D eigenvalue weighted by Crippen LogP contribution is 2.03. The third-order valence-electron chi connectivity index (χ3n) is 2.44. The van der Waals surface area contributed by atoms with Crippen molar-refractivity contribution < 1.29 is 9.36 Å². The van der Waals surface area contributed by atoms with Gasteiger partial charge in [0.05, 0.1) is 0 Å². The lowest BCUT2D eigenvalue weighted by Gasteiger charge is -2.02. The molecule has 3 heteroatoms. The molecule has 0 unspecified atom stereocenters. The summed E-state index contributed by atoms with van der Waals surface area (Å²) < 4.78 is 2.03. The zero-order chi connectivity index (χ0) is 12.1. The predicted octanol–water partition coefficient (Wildman–Crippen LogP) is 1.41. The lowest BCUT2D eigenvalue weighted by Crippen LogP contribution is -2.28. The van der Waals surface area contributed by atoms with Crippen molar-refractivity contribution in [2.45, 2.75) is 6.54 Å². The largest absolute Gasteiger partial charge is 0.352 e. The Morgan fingerprint density at radius 1 is 1.12 bits per heavy atom. The highest BCUT2D eigenvalue weighted by atomic mass is 16.1. The Kier molecular flexibility index (Phi) is 3.50. The van der Waals surface area contributed by atoms with E-state index < -0.39 is 0 Å². The SMILES string of the molecule is [CH2]C(=O)NCc1ccc(-[n+]2ccccc2)cc1. The van der Waals surface area contributed by atoms with Gasteiger partial charge in [-0.3, -0.25) is 4.79 Å². The number of nitrogens with one attached hydrogen (secondary N) is 1. The summed E-state index contributed by atoms with van der Waals surface area (Å²) in [5.74, 6) is -0.258. The lowest BCUT2D eigenvalue weighted by molar-refractivity contribution is -0.595. The van der Waals surface area contributed by atoms with E-state index in [0.717, 1.165) is 11.3 Å². The molecule has 2 rings (SSSR count). The standard InChI is InChI=1S/C14H13N2O/c1-12(17)15-11-13-5-7-14(8-6-13)16-9-3-2-4-10-16/h2-10H,1,11H2/p+1. The molecule has 0 atom stereocenters. The van der Waals surface area contributed by atoms with Gasteiger partial charge < -0.3 is 5.32 Å². The van der Waals surface area contributed by atoms with E-state index in [9.17, 15) is 4.79 Å². The summed E-state index contributed by atoms with van der Waals surface area (Å²) >= 11 is 0. The minimum atomic E-state index is -0.258. The maximum atomic E-state index is 10.7. The second-order valence-electron chi connectivity index (χ2n) is 3.73. The number of pyridine rings is 1. The first-order chi connectivity index (χ1) is 8.25. The number of rotatable bonds is 3. The van der Waals surface area contributed by atoms with Crippen LogP contribution in [0, 0.1) is 6.92 Å². The molecule has 0 saturated heterocycles. The second kappa shape index (κ2) is 5.25. The van der Waals surface area contributed by atoms with Gasteiger partial charge in [0.25, 0.3) is 0 Å². The fourth-order valence-corrected chi connectivity index (χ4v) is 1.56. The first-order valence-corrected chi connectivity index (χ1v) is 5.41. The van der Waals surface area contributed by atoms with Crippen LogP contribution in [0.4, 0.5) is 0 Å². The molecule has 0 aliphatic rings. The number of nitrogens with zero attached hydrogens (tertiary/aromatic N) is 1. The lowest BCUT2D eigenvalue weighted by atomic mass is 10.2. The van der Waals surface area contributed by atoms with E-state index in [1.807, 2.05) is 59.4 Å². The van der Waals surface area contributed by atoms with E-state index in [2.05, 4.69) is 12.2 Å². The minimum Gasteiger partial charge on any atom is -0.352 e. The number of benzene rings is 1. The van der Waals surface area contributed by atoms with Crippen LogP contribution in [0.15, 0.2) is 54.9 Å². The van der Waals surface area contributed by atoms with Crippen LogP contribution in [-0.4, -0.2) is 5.91 Å². The minimum absolute atomic E-state index is 0.258. The normalized spacial score (nSPS) is 9.94. The highest BCUT2D eigenvalue weighted by molar-refractivity contribution is 5.79. The summed E-state index contributed by atoms with van der Waals surface area (Å²) in [5.41, 5.74) is 2.15. The van der Waals surface area contributed by atoms with Crippen molar-refractivity contribution in [1.82, 2.24) is 5.32 Å². The number of aromatic nitrogens is 1. The summed E-state index contributed by atoms with van der Waals surface area (Å²) in [6, 6.07) is 14.0. The summed E-state index contributed by atoms with van der Waals surface area (Å²) in [6.45, 7) is 3.78. The van der Waals surface area contributed by atoms with Crippen molar-refractivity contribution in [3.63, 3.8) is 0 Å². The van der Waals surface area contributed by atoms with Gasteiger partial charge in [-0.25, -0.2) is 0 Å². The van der Waals surface area contributed by atoms with Crippen LogP contribution in [0.1, 0.15) is 5.56 Å². The van der Waals surface area contributed by atoms with E-state index in [-0.39, 0.29) is 5.91 Å². The third kappa shape index (κ3) is 3.14. The smallest absolute Gasteiger partial charge is 0.220 e. The van der Waals surface area contributed by atoms with Gasteiger partial charge in [-0.05, 0) is 5.56 Å². The molecule has 1 aromatic heterocycles. The topological polar surface area (TPSA) is 33.0 Å². The molecule has 0 aliphatic carbocycles. The van der Waals surface area contributed by atoms with E-state index in [4.69, 9.17) is 0 Å². The number of hydrogen-bond acceptors (Lipinski definition) is 1. The molecule has 0 bridgehead atoms. The fourth-order valence-electron chi connectivity index (χ4n) is 1.56. The molecule has 0 saturated carbocycles. The Bertz CT molecular complexity index is 491. The molecule has 0 spiro atoms. The molecule has 1 heterocycles. The van der Waals surface area contributed by atoms with Crippen molar-refractivity contribution in [3.8, 4) is 5.69 Å². The van der Waals surface area contributed by atoms with Gasteiger partial charge in [-0.2, -0.15) is 4.57 Å². The van der Waals surface area contributed by atoms with Gasteiger partial charge in [0, 0.05) is 37.7 Å². The van der Waals surface area contributed by atoms with Crippen molar-refractivity contribution in [1.29, 1.82) is 0 Å². The van der Waals surface area contributed by atoms with Gasteiger partial charge in [0.15, 0.2) is 12.4 Å². The average Bonchev–Trinajstić information content (AvgIpc) is 2.38. The Morgan fingerprint density at radius 3 is 2.35 bits per heavy atom. The van der Waals surface area contributed by atoms with E-state index in [0.29, 0.717) is 6.54 Å². The van der Waals surface area contributed by atoms with E-state index in [1.54, 1.807) is 0 Å². The predicted molar refractivity (Wildman–Crippen MR) is 65.2 cm³/mol. The second-order valence-corrected chi connectivity index (χ2v) is 3.73. The van der Waals surface area contributed by atoms with Crippen molar-refractivity contribution in [3.05, 3.63) is 67.3 Å². The zero-order valence-electron chi connectivity index (χ0n) is 9.47. The van der Waals surface area contributed by atoms with E-state index in [1.165, 1.54) is 0 Å². The molecule has 1 N–H and O–H groups in total. The van der Waals surface area contributed by atoms with Crippen LogP contribution in [-0.2, 0) is 11.3 Å². The number of carbonyl (C=O) groups excluding carboxylic acids is 1. The van der Waals surface area contributed by atoms with Crippen molar-refractivity contribution >= 4 is 5.91 Å². The molecule has 85 valence electrons. The van der Waals surface area contributed by atoms with Crippen LogP contribution >= 0.6 is 0 Å². The zero-order valence-corrected chi connectivity index (χ0v) is 9.47. The molecule has 17 heavy (non-hydrogen) atoms. The summed E-state index contributed by atoms with van der Waals surface area (Å²) in [4.78, 5) is 10.7. The first kappa shape index (κ1) is 11.3. The highest BCUT2D eigenvalue weighted by Gasteiger charge is 2.03. The molecule has 1 amide bonds. The molecule has 0 aliphatic heterocycles. The van der Waals surface area contributed by atoms with Crippen LogP contribution < -0.4 is 9.88 Å². The number of carbonyl (C=O) groups is 1. The van der Waals surface area contributed by atoms with Gasteiger partial charge in [-0.1, -0.05) is 18.2 Å². The molecule has 1 aromatic carbocycles. The first-order valence-electron chi connectivity index (χ1n) is 5.41. The van der Waals surface area contributed by atoms with Gasteiger partial charge in [-0.15, -0.1) is 0 Å².